The van der Waals surface area contributed by atoms with E-state index in [1.807, 2.05) is 0 Å². The van der Waals surface area contributed by atoms with Gasteiger partial charge in [-0.2, -0.15) is 4.31 Å². The lowest BCUT2D eigenvalue weighted by molar-refractivity contribution is 0.0730. The molecule has 0 unspecified atom stereocenters. The molecule has 3 aromatic rings. The molecule has 2 aliphatic rings. The van der Waals surface area contributed by atoms with E-state index < -0.39 is 21.8 Å². The van der Waals surface area contributed by atoms with Gasteiger partial charge in [-0.3, -0.25) is 19.6 Å². The van der Waals surface area contributed by atoms with Gasteiger partial charge < -0.3 is 4.74 Å². The minimum atomic E-state index is -3.77. The van der Waals surface area contributed by atoms with Crippen LogP contribution in [-0.2, 0) is 14.8 Å². The first kappa shape index (κ1) is 19.7. The molecule has 10 heteroatoms. The van der Waals surface area contributed by atoms with Gasteiger partial charge in [-0.15, -0.1) is 0 Å². The van der Waals surface area contributed by atoms with Crippen LogP contribution in [0.1, 0.15) is 26.4 Å². The molecule has 2 aliphatic heterocycles. The lowest BCUT2D eigenvalue weighted by Gasteiger charge is -2.26. The SMILES string of the molecule is Cc1nc2ccc(S(=O)(=O)N3CCOCC3)cc2c2c1C(=O)N(c1ccncc1)C2=O. The van der Waals surface area contributed by atoms with E-state index in [-0.39, 0.29) is 29.1 Å². The van der Waals surface area contributed by atoms with Gasteiger partial charge in [0.15, 0.2) is 0 Å². The molecule has 31 heavy (non-hydrogen) atoms. The topological polar surface area (TPSA) is 110 Å². The van der Waals surface area contributed by atoms with E-state index in [0.717, 1.165) is 4.90 Å². The van der Waals surface area contributed by atoms with E-state index >= 15 is 0 Å². The molecular formula is C21H18N4O5S. The highest BCUT2D eigenvalue weighted by Crippen LogP contribution is 2.35. The van der Waals surface area contributed by atoms with E-state index in [1.54, 1.807) is 25.1 Å². The summed E-state index contributed by atoms with van der Waals surface area (Å²) in [6, 6.07) is 7.63. The number of nitrogens with zero attached hydrogens (tertiary/aromatic N) is 4. The Balaban J connectivity index is 1.68. The number of carbonyl (C=O) groups is 2. The van der Waals surface area contributed by atoms with E-state index in [2.05, 4.69) is 9.97 Å². The maximum atomic E-state index is 13.3. The monoisotopic (exact) mass is 438 g/mol. The molecule has 5 rings (SSSR count). The Morgan fingerprint density at radius 2 is 1.65 bits per heavy atom. The normalized spacial score (nSPS) is 17.4. The molecule has 1 saturated heterocycles. The molecule has 0 radical (unpaired) electrons. The van der Waals surface area contributed by atoms with E-state index in [4.69, 9.17) is 4.74 Å². The van der Waals surface area contributed by atoms with Crippen molar-refractivity contribution in [1.29, 1.82) is 0 Å². The van der Waals surface area contributed by atoms with Crippen molar-refractivity contribution in [3.8, 4) is 0 Å². The Morgan fingerprint density at radius 1 is 0.968 bits per heavy atom. The van der Waals surface area contributed by atoms with Gasteiger partial charge in [0.05, 0.1) is 46.1 Å². The molecule has 1 fully saturated rings. The zero-order valence-corrected chi connectivity index (χ0v) is 17.4. The summed E-state index contributed by atoms with van der Waals surface area (Å²) in [5, 5.41) is 0.338. The number of aryl methyl sites for hydroxylation is 1. The minimum absolute atomic E-state index is 0.0531. The van der Waals surface area contributed by atoms with Crippen molar-refractivity contribution in [3.05, 3.63) is 59.5 Å². The van der Waals surface area contributed by atoms with Crippen LogP contribution in [0.25, 0.3) is 10.9 Å². The molecule has 0 N–H and O–H groups in total. The van der Waals surface area contributed by atoms with Crippen molar-refractivity contribution >= 4 is 38.4 Å². The Bertz CT molecular complexity index is 1330. The summed E-state index contributed by atoms with van der Waals surface area (Å²) in [5.74, 6) is -0.998. The Kier molecular flexibility index (Phi) is 4.58. The molecule has 2 aromatic heterocycles. The lowest BCUT2D eigenvalue weighted by atomic mass is 10.0. The highest BCUT2D eigenvalue weighted by molar-refractivity contribution is 7.89. The van der Waals surface area contributed by atoms with Crippen molar-refractivity contribution in [2.24, 2.45) is 0 Å². The molecule has 0 saturated carbocycles. The van der Waals surface area contributed by atoms with Crippen molar-refractivity contribution in [2.45, 2.75) is 11.8 Å². The number of rotatable bonds is 3. The number of sulfonamides is 1. The van der Waals surface area contributed by atoms with E-state index in [1.165, 1.54) is 28.8 Å². The third kappa shape index (κ3) is 3.02. The van der Waals surface area contributed by atoms with Crippen molar-refractivity contribution in [2.75, 3.05) is 31.2 Å². The van der Waals surface area contributed by atoms with Gasteiger partial charge in [-0.05, 0) is 37.3 Å². The third-order valence-electron chi connectivity index (χ3n) is 5.50. The van der Waals surface area contributed by atoms with Gasteiger partial charge in [-0.1, -0.05) is 0 Å². The first-order valence-electron chi connectivity index (χ1n) is 9.70. The highest BCUT2D eigenvalue weighted by Gasteiger charge is 2.40. The van der Waals surface area contributed by atoms with E-state index in [0.29, 0.717) is 35.5 Å². The van der Waals surface area contributed by atoms with Crippen LogP contribution < -0.4 is 4.90 Å². The number of pyridine rings is 2. The summed E-state index contributed by atoms with van der Waals surface area (Å²) in [5.41, 5.74) is 1.63. The second kappa shape index (κ2) is 7.19. The molecule has 2 amide bonds. The summed E-state index contributed by atoms with van der Waals surface area (Å²) >= 11 is 0. The Hall–Kier alpha value is -3.21. The second-order valence-corrected chi connectivity index (χ2v) is 9.23. The number of carbonyl (C=O) groups excluding carboxylic acids is 2. The Morgan fingerprint density at radius 3 is 2.35 bits per heavy atom. The number of imide groups is 1. The van der Waals surface area contributed by atoms with Gasteiger partial charge in [0.2, 0.25) is 10.0 Å². The van der Waals surface area contributed by atoms with Gasteiger partial charge >= 0.3 is 0 Å². The molecule has 4 heterocycles. The predicted molar refractivity (Wildman–Crippen MR) is 111 cm³/mol. The fraction of sp³-hybridized carbons (Fsp3) is 0.238. The fourth-order valence-corrected chi connectivity index (χ4v) is 5.42. The van der Waals surface area contributed by atoms with Crippen LogP contribution in [0.5, 0.6) is 0 Å². The number of fused-ring (bicyclic) bond motifs is 3. The fourth-order valence-electron chi connectivity index (χ4n) is 3.99. The number of amides is 2. The molecule has 0 aliphatic carbocycles. The highest BCUT2D eigenvalue weighted by atomic mass is 32.2. The molecule has 0 atom stereocenters. The first-order chi connectivity index (χ1) is 14.9. The van der Waals surface area contributed by atoms with Crippen LogP contribution in [0.3, 0.4) is 0 Å². The molecule has 9 nitrogen and oxygen atoms in total. The quantitative estimate of drug-likeness (QED) is 0.573. The van der Waals surface area contributed by atoms with Crippen molar-refractivity contribution < 1.29 is 22.7 Å². The number of ether oxygens (including phenoxy) is 1. The van der Waals surface area contributed by atoms with Crippen molar-refractivity contribution in [3.63, 3.8) is 0 Å². The molecule has 0 spiro atoms. The van der Waals surface area contributed by atoms with Crippen LogP contribution in [-0.4, -0.2) is 60.8 Å². The number of hydrogen-bond donors (Lipinski definition) is 0. The van der Waals surface area contributed by atoms with Crippen LogP contribution in [0.15, 0.2) is 47.6 Å². The minimum Gasteiger partial charge on any atom is -0.379 e. The Labute approximate surface area is 178 Å². The van der Waals surface area contributed by atoms with Gasteiger partial charge in [0.25, 0.3) is 11.8 Å². The molecule has 0 bridgehead atoms. The van der Waals surface area contributed by atoms with Crippen LogP contribution in [0.4, 0.5) is 5.69 Å². The zero-order chi connectivity index (χ0) is 21.8. The summed E-state index contributed by atoms with van der Waals surface area (Å²) < 4.78 is 32.8. The van der Waals surface area contributed by atoms with Crippen LogP contribution in [0.2, 0.25) is 0 Å². The number of aromatic nitrogens is 2. The van der Waals surface area contributed by atoms with Gasteiger partial charge in [-0.25, -0.2) is 13.3 Å². The van der Waals surface area contributed by atoms with Gasteiger partial charge in [0.1, 0.15) is 0 Å². The maximum absolute atomic E-state index is 13.3. The van der Waals surface area contributed by atoms with Crippen molar-refractivity contribution in [1.82, 2.24) is 14.3 Å². The first-order valence-corrected chi connectivity index (χ1v) is 11.1. The molecule has 1 aromatic carbocycles. The summed E-state index contributed by atoms with van der Waals surface area (Å²) in [4.78, 5) is 35.9. The standard InChI is InChI=1S/C21H18N4O5S/c1-13-18-19(21(27)25(20(18)26)14-4-6-22-7-5-14)16-12-15(2-3-17(16)23-13)31(28,29)24-8-10-30-11-9-24/h2-7,12H,8-11H2,1H3. The lowest BCUT2D eigenvalue weighted by Crippen LogP contribution is -2.40. The summed E-state index contributed by atoms with van der Waals surface area (Å²) in [7, 11) is -3.77. The maximum Gasteiger partial charge on any atom is 0.268 e. The summed E-state index contributed by atoms with van der Waals surface area (Å²) in [6.07, 6.45) is 2.99. The van der Waals surface area contributed by atoms with Crippen LogP contribution in [0, 0.1) is 6.92 Å². The number of anilines is 1. The molecule has 158 valence electrons. The average Bonchev–Trinajstić information content (AvgIpc) is 3.06. The number of morpholine rings is 1. The summed E-state index contributed by atoms with van der Waals surface area (Å²) in [6.45, 7) is 2.85. The van der Waals surface area contributed by atoms with E-state index in [9.17, 15) is 18.0 Å². The largest absolute Gasteiger partial charge is 0.379 e. The smallest absolute Gasteiger partial charge is 0.268 e. The van der Waals surface area contributed by atoms with Crippen LogP contribution >= 0.6 is 0 Å². The molecular weight excluding hydrogens is 420 g/mol. The average molecular weight is 438 g/mol. The second-order valence-electron chi connectivity index (χ2n) is 7.29. The number of benzene rings is 1. The predicted octanol–water partition coefficient (Wildman–Crippen LogP) is 1.76. The number of hydrogen-bond acceptors (Lipinski definition) is 7. The zero-order valence-electron chi connectivity index (χ0n) is 16.6. The third-order valence-corrected chi connectivity index (χ3v) is 7.39. The van der Waals surface area contributed by atoms with Gasteiger partial charge in [0, 0.05) is 30.9 Å².